The van der Waals surface area contributed by atoms with E-state index < -0.39 is 6.04 Å². The number of benzene rings is 1. The van der Waals surface area contributed by atoms with E-state index in [2.05, 4.69) is 18.8 Å². The molecule has 0 N–H and O–H groups in total. The zero-order chi connectivity index (χ0) is 23.7. The molecular formula is C28H32N2O4. The highest BCUT2D eigenvalue weighted by atomic mass is 16.5. The Bertz CT molecular complexity index is 1080. The summed E-state index contributed by atoms with van der Waals surface area (Å²) in [5.41, 5.74) is 2.33. The van der Waals surface area contributed by atoms with Crippen LogP contribution in [-0.4, -0.2) is 34.3 Å². The van der Waals surface area contributed by atoms with Crippen molar-refractivity contribution >= 4 is 11.7 Å². The molecule has 0 saturated heterocycles. The van der Waals surface area contributed by atoms with E-state index in [0.717, 1.165) is 49.0 Å². The molecule has 1 aliphatic carbocycles. The molecule has 1 saturated carbocycles. The van der Waals surface area contributed by atoms with Crippen molar-refractivity contribution in [2.24, 2.45) is 11.8 Å². The minimum Gasteiger partial charge on any atom is -0.494 e. The van der Waals surface area contributed by atoms with Gasteiger partial charge >= 0.3 is 0 Å². The number of ketones is 1. The van der Waals surface area contributed by atoms with E-state index in [4.69, 9.17) is 9.47 Å². The van der Waals surface area contributed by atoms with Gasteiger partial charge in [0.15, 0.2) is 11.5 Å². The quantitative estimate of drug-likeness (QED) is 0.544. The van der Waals surface area contributed by atoms with Gasteiger partial charge in [-0.05, 0) is 60.9 Å². The number of rotatable bonds is 7. The van der Waals surface area contributed by atoms with Gasteiger partial charge in [-0.2, -0.15) is 0 Å². The van der Waals surface area contributed by atoms with Gasteiger partial charge in [0.05, 0.1) is 24.1 Å². The van der Waals surface area contributed by atoms with Crippen LogP contribution in [0, 0.1) is 11.8 Å². The van der Waals surface area contributed by atoms with E-state index in [1.54, 1.807) is 17.3 Å². The minimum atomic E-state index is -0.474. The number of nitrogens with zero attached hydrogens (tertiary/aromatic N) is 2. The molecule has 0 spiro atoms. The topological polar surface area (TPSA) is 68.7 Å². The minimum absolute atomic E-state index is 0.0770. The van der Waals surface area contributed by atoms with Gasteiger partial charge in [0.2, 0.25) is 0 Å². The van der Waals surface area contributed by atoms with Gasteiger partial charge in [-0.3, -0.25) is 14.6 Å². The van der Waals surface area contributed by atoms with Crippen molar-refractivity contribution < 1.29 is 19.1 Å². The summed E-state index contributed by atoms with van der Waals surface area (Å²) in [4.78, 5) is 33.4. The van der Waals surface area contributed by atoms with Crippen molar-refractivity contribution in [1.29, 1.82) is 0 Å². The fraction of sp³-hybridized carbons (Fsp3) is 0.464. The molecule has 6 nitrogen and oxygen atoms in total. The third-order valence-electron chi connectivity index (χ3n) is 7.24. The highest BCUT2D eigenvalue weighted by Crippen LogP contribution is 2.48. The molecule has 178 valence electrons. The predicted molar refractivity (Wildman–Crippen MR) is 128 cm³/mol. The number of pyridine rings is 1. The normalized spacial score (nSPS) is 26.2. The third-order valence-corrected chi connectivity index (χ3v) is 7.24. The van der Waals surface area contributed by atoms with E-state index in [1.807, 2.05) is 36.4 Å². The van der Waals surface area contributed by atoms with Crippen LogP contribution >= 0.6 is 0 Å². The summed E-state index contributed by atoms with van der Waals surface area (Å²) in [5, 5.41) is 0. The molecule has 1 aromatic heterocycles. The Morgan fingerprint density at radius 2 is 1.97 bits per heavy atom. The monoisotopic (exact) mass is 460 g/mol. The molecule has 34 heavy (non-hydrogen) atoms. The van der Waals surface area contributed by atoms with Crippen LogP contribution in [0.5, 0.6) is 5.75 Å². The van der Waals surface area contributed by atoms with Gasteiger partial charge in [-0.15, -0.1) is 0 Å². The first-order valence-corrected chi connectivity index (χ1v) is 12.4. The number of unbranched alkanes of at least 4 members (excludes halogenated alkanes) is 1. The Hall–Kier alpha value is -3.15. The highest BCUT2D eigenvalue weighted by Gasteiger charge is 2.52. The summed E-state index contributed by atoms with van der Waals surface area (Å²) in [6.07, 6.45) is 8.01. The molecule has 6 heteroatoms. The number of ether oxygens (including phenoxy) is 2. The molecule has 1 amide bonds. The first-order chi connectivity index (χ1) is 16.6. The summed E-state index contributed by atoms with van der Waals surface area (Å²) in [5.74, 6) is 1.22. The van der Waals surface area contributed by atoms with Crippen LogP contribution in [0.3, 0.4) is 0 Å². The van der Waals surface area contributed by atoms with E-state index in [1.165, 1.54) is 0 Å². The van der Waals surface area contributed by atoms with Gasteiger partial charge in [-0.1, -0.05) is 38.5 Å². The van der Waals surface area contributed by atoms with E-state index >= 15 is 0 Å². The third kappa shape index (κ3) is 4.22. The van der Waals surface area contributed by atoms with Crippen LogP contribution in [0.25, 0.3) is 0 Å². The van der Waals surface area contributed by atoms with E-state index in [0.29, 0.717) is 24.6 Å². The summed E-state index contributed by atoms with van der Waals surface area (Å²) >= 11 is 0. The number of Topliss-reactive ketones (excluding diaryl/α,β-unsaturated/α-hetero) is 1. The zero-order valence-corrected chi connectivity index (χ0v) is 19.9. The lowest BCUT2D eigenvalue weighted by Crippen LogP contribution is -2.41. The molecular weight excluding hydrogens is 428 g/mol. The summed E-state index contributed by atoms with van der Waals surface area (Å²) in [6, 6.07) is 11.1. The molecule has 3 aliphatic rings. The Balaban J connectivity index is 1.50. The first-order valence-electron chi connectivity index (χ1n) is 12.4. The maximum Gasteiger partial charge on any atom is 0.290 e. The number of hydrogen-bond donors (Lipinski definition) is 0. The fourth-order valence-electron chi connectivity index (χ4n) is 5.40. The van der Waals surface area contributed by atoms with Crippen LogP contribution in [-0.2, 0) is 20.9 Å². The fourth-order valence-corrected chi connectivity index (χ4v) is 5.40. The number of carbonyl (C=O) groups excluding carboxylic acids is 2. The molecule has 5 rings (SSSR count). The average Bonchev–Trinajstić information content (AvgIpc) is 3.12. The average molecular weight is 461 g/mol. The van der Waals surface area contributed by atoms with E-state index in [9.17, 15) is 9.59 Å². The second-order valence-electron chi connectivity index (χ2n) is 9.76. The summed E-state index contributed by atoms with van der Waals surface area (Å²) in [7, 11) is 0. The molecule has 2 aromatic rings. The number of amides is 1. The van der Waals surface area contributed by atoms with Crippen LogP contribution < -0.4 is 4.74 Å². The molecule has 1 aromatic carbocycles. The van der Waals surface area contributed by atoms with Crippen molar-refractivity contribution in [2.75, 3.05) is 6.61 Å². The van der Waals surface area contributed by atoms with Crippen molar-refractivity contribution in [3.63, 3.8) is 0 Å². The maximum absolute atomic E-state index is 13.8. The summed E-state index contributed by atoms with van der Waals surface area (Å²) in [6.45, 7) is 5.36. The zero-order valence-electron chi connectivity index (χ0n) is 19.9. The van der Waals surface area contributed by atoms with Gasteiger partial charge < -0.3 is 14.4 Å². The maximum atomic E-state index is 13.8. The largest absolute Gasteiger partial charge is 0.494 e. The summed E-state index contributed by atoms with van der Waals surface area (Å²) < 4.78 is 12.1. The number of hydrogen-bond acceptors (Lipinski definition) is 5. The Kier molecular flexibility index (Phi) is 6.40. The van der Waals surface area contributed by atoms with Crippen molar-refractivity contribution in [3.05, 3.63) is 71.3 Å². The van der Waals surface area contributed by atoms with Crippen molar-refractivity contribution in [1.82, 2.24) is 9.88 Å². The van der Waals surface area contributed by atoms with Gasteiger partial charge in [0, 0.05) is 18.9 Å². The predicted octanol–water partition coefficient (Wildman–Crippen LogP) is 5.00. The van der Waals surface area contributed by atoms with Crippen molar-refractivity contribution in [2.45, 2.75) is 64.6 Å². The Morgan fingerprint density at radius 1 is 1.15 bits per heavy atom. The SMILES string of the molecule is CCCCOc1ccc(C2C3=C(OC4CCC(C)CC4C3=O)C(=O)N2Cc2cccnc2)cc1. The standard InChI is InChI=1S/C28H32N2O4/c1-3-4-14-33-21-10-8-20(9-11-21)25-24-26(31)22-15-18(2)7-12-23(22)34-27(24)28(32)30(25)17-19-6-5-13-29-16-19/h5-6,8-11,13,16,18,22-23,25H,3-4,7,12,14-15,17H2,1-2H3. The molecule has 4 atom stereocenters. The van der Waals surface area contributed by atoms with Crippen LogP contribution in [0.2, 0.25) is 0 Å². The van der Waals surface area contributed by atoms with Gasteiger partial charge in [0.25, 0.3) is 5.91 Å². The lowest BCUT2D eigenvalue weighted by atomic mass is 9.74. The van der Waals surface area contributed by atoms with Gasteiger partial charge in [-0.25, -0.2) is 0 Å². The second-order valence-corrected chi connectivity index (χ2v) is 9.76. The molecule has 3 heterocycles. The van der Waals surface area contributed by atoms with E-state index in [-0.39, 0.29) is 29.5 Å². The molecule has 1 fully saturated rings. The van der Waals surface area contributed by atoms with Crippen LogP contribution in [0.15, 0.2) is 60.1 Å². The molecule has 2 aliphatic heterocycles. The lowest BCUT2D eigenvalue weighted by Gasteiger charge is -2.37. The van der Waals surface area contributed by atoms with Gasteiger partial charge in [0.1, 0.15) is 11.9 Å². The first kappa shape index (κ1) is 22.6. The highest BCUT2D eigenvalue weighted by molar-refractivity contribution is 6.11. The number of fused-ring (bicyclic) bond motifs is 1. The van der Waals surface area contributed by atoms with Crippen LogP contribution in [0.1, 0.15) is 63.1 Å². The van der Waals surface area contributed by atoms with Crippen LogP contribution in [0.4, 0.5) is 0 Å². The number of aromatic nitrogens is 1. The second kappa shape index (κ2) is 9.61. The number of carbonyl (C=O) groups is 2. The molecule has 0 radical (unpaired) electrons. The Labute approximate surface area is 201 Å². The van der Waals surface area contributed by atoms with Crippen molar-refractivity contribution in [3.8, 4) is 5.75 Å². The lowest BCUT2D eigenvalue weighted by molar-refractivity contribution is -0.136. The molecule has 0 bridgehead atoms. The smallest absolute Gasteiger partial charge is 0.290 e. The Morgan fingerprint density at radius 3 is 2.71 bits per heavy atom. The molecule has 4 unspecified atom stereocenters.